The molecule has 0 bridgehead atoms. The first-order valence-electron chi connectivity index (χ1n) is 5.50. The molecule has 1 aromatic rings. The topological polar surface area (TPSA) is 41.5 Å². The molecule has 16 heavy (non-hydrogen) atoms. The molecule has 0 atom stereocenters. The molecule has 1 fully saturated rings. The Hall–Kier alpha value is -0.740. The van der Waals surface area contributed by atoms with Crippen molar-refractivity contribution in [2.75, 3.05) is 20.2 Å². The van der Waals surface area contributed by atoms with E-state index in [9.17, 15) is 5.11 Å². The molecule has 1 heterocycles. The van der Waals surface area contributed by atoms with Crippen molar-refractivity contribution < 1.29 is 9.84 Å². The van der Waals surface area contributed by atoms with Crippen LogP contribution in [0.4, 0.5) is 0 Å². The number of nitrogens with one attached hydrogen (secondary N) is 1. The van der Waals surface area contributed by atoms with Crippen LogP contribution in [0.5, 0.6) is 11.5 Å². The second-order valence-electron chi connectivity index (χ2n) is 4.04. The molecule has 0 aromatic heterocycles. The molecule has 1 aliphatic rings. The summed E-state index contributed by atoms with van der Waals surface area (Å²) in [5.41, 5.74) is 1.12. The summed E-state index contributed by atoms with van der Waals surface area (Å²) in [5.74, 6) is 1.30. The van der Waals surface area contributed by atoms with Gasteiger partial charge in [0.25, 0.3) is 0 Å². The van der Waals surface area contributed by atoms with E-state index in [0.29, 0.717) is 16.1 Å². The Morgan fingerprint density at radius 2 is 2.06 bits per heavy atom. The number of phenolic OH excluding ortho intramolecular Hbond substituents is 1. The molecule has 1 aliphatic heterocycles. The molecule has 88 valence electrons. The fourth-order valence-electron chi connectivity index (χ4n) is 2.23. The van der Waals surface area contributed by atoms with Gasteiger partial charge >= 0.3 is 0 Å². The highest BCUT2D eigenvalue weighted by atomic mass is 79.9. The van der Waals surface area contributed by atoms with Gasteiger partial charge in [-0.15, -0.1) is 0 Å². The maximum absolute atomic E-state index is 9.92. The van der Waals surface area contributed by atoms with E-state index < -0.39 is 0 Å². The fraction of sp³-hybridized carbons (Fsp3) is 0.500. The SMILES string of the molecule is COc1c(C2CCNCC2)ccc(Br)c1O. The number of rotatable bonds is 2. The first-order valence-corrected chi connectivity index (χ1v) is 6.29. The van der Waals surface area contributed by atoms with Crippen molar-refractivity contribution in [2.24, 2.45) is 0 Å². The summed E-state index contributed by atoms with van der Waals surface area (Å²) in [6.45, 7) is 2.06. The molecule has 0 saturated carbocycles. The lowest BCUT2D eigenvalue weighted by atomic mass is 9.89. The van der Waals surface area contributed by atoms with Gasteiger partial charge in [0.15, 0.2) is 11.5 Å². The van der Waals surface area contributed by atoms with Crippen LogP contribution in [0.3, 0.4) is 0 Å². The number of methoxy groups -OCH3 is 1. The van der Waals surface area contributed by atoms with E-state index in [0.717, 1.165) is 31.5 Å². The van der Waals surface area contributed by atoms with Gasteiger partial charge in [-0.1, -0.05) is 6.07 Å². The highest BCUT2D eigenvalue weighted by Gasteiger charge is 2.21. The number of piperidine rings is 1. The van der Waals surface area contributed by atoms with E-state index in [1.54, 1.807) is 7.11 Å². The van der Waals surface area contributed by atoms with Crippen LogP contribution in [0.2, 0.25) is 0 Å². The molecule has 1 aromatic carbocycles. The summed E-state index contributed by atoms with van der Waals surface area (Å²) in [6, 6.07) is 3.92. The number of benzene rings is 1. The van der Waals surface area contributed by atoms with Gasteiger partial charge in [-0.25, -0.2) is 0 Å². The molecular weight excluding hydrogens is 270 g/mol. The third kappa shape index (κ3) is 2.18. The molecule has 3 nitrogen and oxygen atoms in total. The average Bonchev–Trinajstić information content (AvgIpc) is 2.33. The molecule has 2 N–H and O–H groups in total. The molecule has 0 amide bonds. The smallest absolute Gasteiger partial charge is 0.172 e. The van der Waals surface area contributed by atoms with Gasteiger partial charge < -0.3 is 15.2 Å². The van der Waals surface area contributed by atoms with Gasteiger partial charge in [0.05, 0.1) is 11.6 Å². The number of halogens is 1. The lowest BCUT2D eigenvalue weighted by molar-refractivity contribution is 0.357. The summed E-state index contributed by atoms with van der Waals surface area (Å²) in [5, 5.41) is 13.3. The van der Waals surface area contributed by atoms with E-state index in [4.69, 9.17) is 4.74 Å². The minimum atomic E-state index is 0.207. The molecule has 0 unspecified atom stereocenters. The lowest BCUT2D eigenvalue weighted by Crippen LogP contribution is -2.26. The predicted molar refractivity (Wildman–Crippen MR) is 67.2 cm³/mol. The van der Waals surface area contributed by atoms with Crippen LogP contribution in [-0.2, 0) is 0 Å². The van der Waals surface area contributed by atoms with Gasteiger partial charge in [0.2, 0.25) is 0 Å². The van der Waals surface area contributed by atoms with Crippen molar-refractivity contribution in [3.05, 3.63) is 22.2 Å². The summed E-state index contributed by atoms with van der Waals surface area (Å²) in [7, 11) is 1.60. The molecule has 1 saturated heterocycles. The van der Waals surface area contributed by atoms with Crippen LogP contribution < -0.4 is 10.1 Å². The van der Waals surface area contributed by atoms with Crippen LogP contribution >= 0.6 is 15.9 Å². The molecule has 4 heteroatoms. The maximum atomic E-state index is 9.92. The second kappa shape index (κ2) is 5.06. The van der Waals surface area contributed by atoms with Crippen LogP contribution in [0.15, 0.2) is 16.6 Å². The largest absolute Gasteiger partial charge is 0.503 e. The molecule has 2 rings (SSSR count). The van der Waals surface area contributed by atoms with E-state index in [2.05, 4.69) is 21.2 Å². The van der Waals surface area contributed by atoms with E-state index in [1.165, 1.54) is 0 Å². The van der Waals surface area contributed by atoms with Crippen LogP contribution in [0.25, 0.3) is 0 Å². The van der Waals surface area contributed by atoms with Crippen molar-refractivity contribution in [2.45, 2.75) is 18.8 Å². The standard InChI is InChI=1S/C12H16BrNO2/c1-16-12-9(2-3-10(13)11(12)15)8-4-6-14-7-5-8/h2-3,8,14-15H,4-7H2,1H3. The van der Waals surface area contributed by atoms with Crippen molar-refractivity contribution in [1.29, 1.82) is 0 Å². The lowest BCUT2D eigenvalue weighted by Gasteiger charge is -2.25. The minimum Gasteiger partial charge on any atom is -0.503 e. The Morgan fingerprint density at radius 3 is 2.69 bits per heavy atom. The Kier molecular flexibility index (Phi) is 3.71. The Balaban J connectivity index is 2.35. The number of hydrogen-bond donors (Lipinski definition) is 2. The van der Waals surface area contributed by atoms with Crippen molar-refractivity contribution >= 4 is 15.9 Å². The zero-order chi connectivity index (χ0) is 11.5. The van der Waals surface area contributed by atoms with Crippen LogP contribution in [0.1, 0.15) is 24.3 Å². The van der Waals surface area contributed by atoms with Crippen molar-refractivity contribution in [3.63, 3.8) is 0 Å². The first-order chi connectivity index (χ1) is 7.74. The van der Waals surface area contributed by atoms with Gasteiger partial charge in [-0.3, -0.25) is 0 Å². The third-order valence-electron chi connectivity index (χ3n) is 3.10. The summed E-state index contributed by atoms with van der Waals surface area (Å²) in [6.07, 6.45) is 2.19. The maximum Gasteiger partial charge on any atom is 0.172 e. The zero-order valence-electron chi connectivity index (χ0n) is 9.29. The molecule has 0 radical (unpaired) electrons. The normalized spacial score (nSPS) is 17.4. The quantitative estimate of drug-likeness (QED) is 0.878. The van der Waals surface area contributed by atoms with Crippen molar-refractivity contribution in [3.8, 4) is 11.5 Å². The molecule has 0 spiro atoms. The molecular formula is C12H16BrNO2. The van der Waals surface area contributed by atoms with Gasteiger partial charge in [0, 0.05) is 5.56 Å². The van der Waals surface area contributed by atoms with Crippen LogP contribution in [0, 0.1) is 0 Å². The zero-order valence-corrected chi connectivity index (χ0v) is 10.9. The van der Waals surface area contributed by atoms with Gasteiger partial charge in [-0.05, 0) is 53.8 Å². The fourth-order valence-corrected chi connectivity index (χ4v) is 2.54. The minimum absolute atomic E-state index is 0.207. The summed E-state index contributed by atoms with van der Waals surface area (Å²) >= 11 is 3.30. The van der Waals surface area contributed by atoms with E-state index in [1.807, 2.05) is 12.1 Å². The number of phenols is 1. The first kappa shape index (κ1) is 11.7. The monoisotopic (exact) mass is 285 g/mol. The highest BCUT2D eigenvalue weighted by molar-refractivity contribution is 9.10. The van der Waals surface area contributed by atoms with Crippen molar-refractivity contribution in [1.82, 2.24) is 5.32 Å². The number of ether oxygens (including phenoxy) is 1. The predicted octanol–water partition coefficient (Wildman–Crippen LogP) is 2.63. The Bertz CT molecular complexity index is 376. The third-order valence-corrected chi connectivity index (χ3v) is 3.74. The Labute approximate surface area is 104 Å². The van der Waals surface area contributed by atoms with E-state index >= 15 is 0 Å². The summed E-state index contributed by atoms with van der Waals surface area (Å²) < 4.78 is 5.99. The van der Waals surface area contributed by atoms with Gasteiger partial charge in [-0.2, -0.15) is 0 Å². The number of aromatic hydroxyl groups is 1. The highest BCUT2D eigenvalue weighted by Crippen LogP contribution is 2.42. The van der Waals surface area contributed by atoms with Crippen LogP contribution in [-0.4, -0.2) is 25.3 Å². The second-order valence-corrected chi connectivity index (χ2v) is 4.90. The van der Waals surface area contributed by atoms with E-state index in [-0.39, 0.29) is 5.75 Å². The van der Waals surface area contributed by atoms with Gasteiger partial charge in [0.1, 0.15) is 0 Å². The Morgan fingerprint density at radius 1 is 1.38 bits per heavy atom. The summed E-state index contributed by atoms with van der Waals surface area (Å²) in [4.78, 5) is 0. The molecule has 0 aliphatic carbocycles. The average molecular weight is 286 g/mol. The number of hydrogen-bond acceptors (Lipinski definition) is 3.